The van der Waals surface area contributed by atoms with Gasteiger partial charge in [0, 0.05) is 19.2 Å². The molecular weight excluding hydrogens is 472 g/mol. The number of hydrogen-bond acceptors (Lipinski definition) is 8. The first-order valence-corrected chi connectivity index (χ1v) is 12.5. The molecule has 0 bridgehead atoms. The van der Waals surface area contributed by atoms with Gasteiger partial charge >= 0.3 is 5.97 Å². The highest BCUT2D eigenvalue weighted by Crippen LogP contribution is 2.36. The highest BCUT2D eigenvalue weighted by atomic mass is 16.5. The predicted octanol–water partition coefficient (Wildman–Crippen LogP) is 3.84. The van der Waals surface area contributed by atoms with Crippen molar-refractivity contribution in [2.45, 2.75) is 44.4 Å². The van der Waals surface area contributed by atoms with Gasteiger partial charge in [0.25, 0.3) is 5.88 Å². The topological polar surface area (TPSA) is 95.8 Å². The van der Waals surface area contributed by atoms with Crippen molar-refractivity contribution >= 4 is 11.9 Å². The predicted molar refractivity (Wildman–Crippen MR) is 135 cm³/mol. The summed E-state index contributed by atoms with van der Waals surface area (Å²) in [7, 11) is 3.25. The van der Waals surface area contributed by atoms with Gasteiger partial charge in [0.05, 0.1) is 25.7 Å². The van der Waals surface area contributed by atoms with E-state index in [1.54, 1.807) is 4.68 Å². The van der Waals surface area contributed by atoms with Crippen molar-refractivity contribution in [1.82, 2.24) is 19.9 Å². The molecule has 5 rings (SSSR count). The van der Waals surface area contributed by atoms with Crippen LogP contribution in [0.4, 0.5) is 0 Å². The van der Waals surface area contributed by atoms with Crippen molar-refractivity contribution in [3.63, 3.8) is 0 Å². The van der Waals surface area contributed by atoms with E-state index >= 15 is 0 Å². The fourth-order valence-electron chi connectivity index (χ4n) is 5.15. The normalized spacial score (nSPS) is 21.3. The summed E-state index contributed by atoms with van der Waals surface area (Å²) >= 11 is 0. The second-order valence-corrected chi connectivity index (χ2v) is 9.48. The molecule has 9 nitrogen and oxygen atoms in total. The van der Waals surface area contributed by atoms with E-state index in [1.165, 1.54) is 7.11 Å². The van der Waals surface area contributed by atoms with Gasteiger partial charge < -0.3 is 19.1 Å². The molecular formula is C28H30N4O5. The van der Waals surface area contributed by atoms with Gasteiger partial charge in [-0.05, 0) is 55.5 Å². The summed E-state index contributed by atoms with van der Waals surface area (Å²) in [5.41, 5.74) is 3.42. The Morgan fingerprint density at radius 1 is 1.14 bits per heavy atom. The fourth-order valence-corrected chi connectivity index (χ4v) is 5.15. The maximum Gasteiger partial charge on any atom is 0.308 e. The molecule has 0 spiro atoms. The largest absolute Gasteiger partial charge is 0.490 e. The summed E-state index contributed by atoms with van der Waals surface area (Å²) in [5.74, 6) is 2.59. The molecule has 1 aliphatic carbocycles. The van der Waals surface area contributed by atoms with Crippen molar-refractivity contribution in [3.8, 4) is 17.0 Å². The van der Waals surface area contributed by atoms with Gasteiger partial charge in [-0.25, -0.2) is 9.48 Å². The molecule has 1 aliphatic heterocycles. The standard InChI is InChI=1S/C28H30N4O5/c1-31-27(24-17-32(25(18-33)37-24)16-19-7-4-3-5-8-19)26(29-30-31)20-11-13-22(14-12-20)36-23-10-6-9-21(15-23)28(34)35-2/h3-5,7-8,11-14,21,23-24H,6,9-10,15-17H2,1-2H3/t21-,23-,24?/m0/s1. The minimum absolute atomic E-state index is 0.0215. The maximum absolute atomic E-state index is 11.9. The summed E-state index contributed by atoms with van der Waals surface area (Å²) in [4.78, 5) is 25.4. The van der Waals surface area contributed by atoms with Crippen LogP contribution in [0.5, 0.6) is 5.75 Å². The lowest BCUT2D eigenvalue weighted by Gasteiger charge is -2.28. The Hall–Kier alpha value is -4.10. The molecule has 37 heavy (non-hydrogen) atoms. The van der Waals surface area contributed by atoms with E-state index in [1.807, 2.05) is 72.5 Å². The molecule has 192 valence electrons. The Balaban J connectivity index is 1.30. The lowest BCUT2D eigenvalue weighted by molar-refractivity contribution is -0.147. The number of ether oxygens (including phenoxy) is 3. The van der Waals surface area contributed by atoms with Gasteiger partial charge in [0.2, 0.25) is 0 Å². The quantitative estimate of drug-likeness (QED) is 0.355. The maximum atomic E-state index is 11.9. The van der Waals surface area contributed by atoms with E-state index < -0.39 is 6.10 Å². The van der Waals surface area contributed by atoms with E-state index in [2.05, 4.69) is 10.3 Å². The number of carbonyl (C=O) groups excluding carboxylic acids is 2. The number of hydrogen-bond donors (Lipinski definition) is 0. The average molecular weight is 503 g/mol. The van der Waals surface area contributed by atoms with Crippen molar-refractivity contribution in [3.05, 3.63) is 71.7 Å². The van der Waals surface area contributed by atoms with Gasteiger partial charge in [-0.2, -0.15) is 0 Å². The van der Waals surface area contributed by atoms with Crippen molar-refractivity contribution in [2.24, 2.45) is 13.0 Å². The highest BCUT2D eigenvalue weighted by molar-refractivity contribution is 5.72. The zero-order valence-electron chi connectivity index (χ0n) is 21.0. The van der Waals surface area contributed by atoms with Crippen molar-refractivity contribution in [1.29, 1.82) is 0 Å². The number of benzene rings is 2. The second-order valence-electron chi connectivity index (χ2n) is 9.48. The van der Waals surface area contributed by atoms with E-state index in [9.17, 15) is 9.59 Å². The second kappa shape index (κ2) is 10.9. The van der Waals surface area contributed by atoms with Crippen LogP contribution in [0.2, 0.25) is 0 Å². The van der Waals surface area contributed by atoms with Crippen LogP contribution in [0.15, 0.2) is 60.5 Å². The summed E-state index contributed by atoms with van der Waals surface area (Å²) in [6, 6.07) is 17.6. The molecule has 0 N–H and O–H groups in total. The third-order valence-electron chi connectivity index (χ3n) is 7.00. The van der Waals surface area contributed by atoms with E-state index in [4.69, 9.17) is 14.2 Å². The molecule has 2 heterocycles. The van der Waals surface area contributed by atoms with Crippen LogP contribution < -0.4 is 4.74 Å². The Kier molecular flexibility index (Phi) is 7.23. The minimum Gasteiger partial charge on any atom is -0.490 e. The van der Waals surface area contributed by atoms with Crippen molar-refractivity contribution in [2.75, 3.05) is 13.7 Å². The van der Waals surface area contributed by atoms with Crippen LogP contribution in [0.3, 0.4) is 0 Å². The number of aromatic nitrogens is 3. The van der Waals surface area contributed by atoms with E-state index in [0.717, 1.165) is 41.8 Å². The lowest BCUT2D eigenvalue weighted by Crippen LogP contribution is -2.30. The summed E-state index contributed by atoms with van der Waals surface area (Å²) < 4.78 is 18.8. The molecule has 3 aromatic rings. The van der Waals surface area contributed by atoms with Crippen LogP contribution >= 0.6 is 0 Å². The molecule has 2 aromatic carbocycles. The van der Waals surface area contributed by atoms with Gasteiger partial charge in [-0.3, -0.25) is 4.79 Å². The number of rotatable bonds is 7. The molecule has 0 radical (unpaired) electrons. The zero-order valence-corrected chi connectivity index (χ0v) is 21.0. The van der Waals surface area contributed by atoms with Crippen molar-refractivity contribution < 1.29 is 23.8 Å². The van der Waals surface area contributed by atoms with Crippen LogP contribution in [0.25, 0.3) is 11.3 Å². The molecule has 1 aromatic heterocycles. The van der Waals surface area contributed by atoms with E-state index in [0.29, 0.717) is 25.2 Å². The SMILES string of the molecule is COC(=O)[C@H]1CCC[C@H](Oc2ccc(-c3nnn(C)c3C3CN(Cc4ccccc4)C(=C=O)O3)cc2)C1. The Morgan fingerprint density at radius 2 is 1.92 bits per heavy atom. The third-order valence-corrected chi connectivity index (χ3v) is 7.00. The van der Waals surface area contributed by atoms with E-state index in [-0.39, 0.29) is 23.9 Å². The first-order chi connectivity index (χ1) is 18.1. The lowest BCUT2D eigenvalue weighted by atomic mass is 9.87. The van der Waals surface area contributed by atoms with Crippen LogP contribution in [-0.4, -0.2) is 51.6 Å². The summed E-state index contributed by atoms with van der Waals surface area (Å²) in [6.45, 7) is 1.03. The molecule has 2 aliphatic rings. The minimum atomic E-state index is -0.413. The Labute approximate surface area is 215 Å². The first kappa shape index (κ1) is 24.6. The highest BCUT2D eigenvalue weighted by Gasteiger charge is 2.35. The summed E-state index contributed by atoms with van der Waals surface area (Å²) in [5, 5.41) is 8.62. The zero-order chi connectivity index (χ0) is 25.8. The number of nitrogens with zero attached hydrogens (tertiary/aromatic N) is 4. The Bertz CT molecular complexity index is 1280. The number of aryl methyl sites for hydroxylation is 1. The molecule has 9 heteroatoms. The van der Waals surface area contributed by atoms with Crippen LogP contribution in [0.1, 0.15) is 43.0 Å². The molecule has 1 saturated heterocycles. The molecule has 1 unspecified atom stereocenters. The van der Waals surface area contributed by atoms with Gasteiger partial charge in [-0.15, -0.1) is 5.10 Å². The number of esters is 1. The Morgan fingerprint density at radius 3 is 2.65 bits per heavy atom. The van der Waals surface area contributed by atoms with Gasteiger partial charge in [-0.1, -0.05) is 35.5 Å². The van der Waals surface area contributed by atoms with Gasteiger partial charge in [0.1, 0.15) is 17.1 Å². The molecule has 0 amide bonds. The van der Waals surface area contributed by atoms with Crippen LogP contribution in [-0.2, 0) is 32.7 Å². The first-order valence-electron chi connectivity index (χ1n) is 12.5. The monoisotopic (exact) mass is 502 g/mol. The number of methoxy groups -OCH3 is 1. The smallest absolute Gasteiger partial charge is 0.308 e. The average Bonchev–Trinajstić information content (AvgIpc) is 3.52. The van der Waals surface area contributed by atoms with Crippen LogP contribution in [0, 0.1) is 5.92 Å². The molecule has 1 saturated carbocycles. The molecule has 2 fully saturated rings. The summed E-state index contributed by atoms with van der Waals surface area (Å²) in [6.07, 6.45) is 2.91. The number of carbonyl (C=O) groups is 1. The fraction of sp³-hybridized carbons (Fsp3) is 0.393. The molecule has 3 atom stereocenters. The third kappa shape index (κ3) is 5.37. The van der Waals surface area contributed by atoms with Gasteiger partial charge in [0.15, 0.2) is 12.0 Å².